The van der Waals surface area contributed by atoms with Crippen LogP contribution in [0.5, 0.6) is 5.75 Å². The summed E-state index contributed by atoms with van der Waals surface area (Å²) < 4.78 is 13.6. The average molecular weight is 567 g/mol. The number of thiazole rings is 1. The Hall–Kier alpha value is -4.27. The van der Waals surface area contributed by atoms with Crippen LogP contribution in [0, 0.1) is 0 Å². The minimum Gasteiger partial charge on any atom is -0.489 e. The van der Waals surface area contributed by atoms with E-state index in [4.69, 9.17) is 9.47 Å². The zero-order valence-corrected chi connectivity index (χ0v) is 23.6. The van der Waals surface area contributed by atoms with Gasteiger partial charge in [-0.25, -0.2) is 9.79 Å². The fourth-order valence-corrected chi connectivity index (χ4v) is 6.80. The van der Waals surface area contributed by atoms with Crippen LogP contribution in [-0.4, -0.2) is 17.1 Å². The SMILES string of the molecule is CCOC(=O)C1=C(C)N=c2s/c(=C\c3cccc(OCc4cccc5ccccc45)c3)c(=O)n2[C@@H]1c1cccs1. The molecule has 6 rings (SSSR count). The van der Waals surface area contributed by atoms with E-state index < -0.39 is 12.0 Å². The Morgan fingerprint density at radius 1 is 1.05 bits per heavy atom. The number of aromatic nitrogens is 1. The maximum atomic E-state index is 13.8. The summed E-state index contributed by atoms with van der Waals surface area (Å²) in [5.41, 5.74) is 2.71. The lowest BCUT2D eigenvalue weighted by molar-refractivity contribution is -0.139. The summed E-state index contributed by atoms with van der Waals surface area (Å²) in [6.07, 6.45) is 1.85. The molecule has 6 nitrogen and oxygen atoms in total. The van der Waals surface area contributed by atoms with Gasteiger partial charge in [0.05, 0.1) is 22.4 Å². The quantitative estimate of drug-likeness (QED) is 0.241. The molecular formula is C32H26N2O4S2. The van der Waals surface area contributed by atoms with Gasteiger partial charge in [0.2, 0.25) is 0 Å². The Kier molecular flexibility index (Phi) is 7.19. The Bertz CT molecular complexity index is 1930. The van der Waals surface area contributed by atoms with Crippen molar-refractivity contribution < 1.29 is 14.3 Å². The van der Waals surface area contributed by atoms with Crippen molar-refractivity contribution in [3.05, 3.63) is 131 Å². The van der Waals surface area contributed by atoms with Crippen molar-refractivity contribution in [3.8, 4) is 5.75 Å². The minimum absolute atomic E-state index is 0.196. The highest BCUT2D eigenvalue weighted by Crippen LogP contribution is 2.33. The highest BCUT2D eigenvalue weighted by Gasteiger charge is 2.33. The number of rotatable bonds is 7. The number of ether oxygens (including phenoxy) is 2. The molecule has 40 heavy (non-hydrogen) atoms. The number of carbonyl (C=O) groups is 1. The highest BCUT2D eigenvalue weighted by atomic mass is 32.1. The number of allylic oxidation sites excluding steroid dienone is 1. The molecule has 0 bridgehead atoms. The second-order valence-electron chi connectivity index (χ2n) is 9.32. The van der Waals surface area contributed by atoms with Crippen molar-refractivity contribution in [2.75, 3.05) is 6.61 Å². The van der Waals surface area contributed by atoms with Crippen LogP contribution >= 0.6 is 22.7 Å². The zero-order chi connectivity index (χ0) is 27.6. The number of benzene rings is 3. The molecule has 8 heteroatoms. The third-order valence-electron chi connectivity index (χ3n) is 6.76. The van der Waals surface area contributed by atoms with E-state index in [0.717, 1.165) is 16.0 Å². The molecule has 200 valence electrons. The summed E-state index contributed by atoms with van der Waals surface area (Å²) in [6, 6.07) is 25.4. The molecule has 0 fully saturated rings. The van der Waals surface area contributed by atoms with E-state index in [9.17, 15) is 9.59 Å². The predicted octanol–water partition coefficient (Wildman–Crippen LogP) is 5.59. The molecule has 2 aromatic heterocycles. The maximum Gasteiger partial charge on any atom is 0.338 e. The first-order valence-electron chi connectivity index (χ1n) is 13.0. The van der Waals surface area contributed by atoms with E-state index in [-0.39, 0.29) is 12.2 Å². The Morgan fingerprint density at radius 3 is 2.70 bits per heavy atom. The van der Waals surface area contributed by atoms with Crippen molar-refractivity contribution >= 4 is 45.5 Å². The summed E-state index contributed by atoms with van der Waals surface area (Å²) >= 11 is 2.81. The van der Waals surface area contributed by atoms with Gasteiger partial charge in [0, 0.05) is 4.88 Å². The maximum absolute atomic E-state index is 13.8. The highest BCUT2D eigenvalue weighted by molar-refractivity contribution is 7.10. The van der Waals surface area contributed by atoms with Crippen LogP contribution in [0.1, 0.15) is 35.9 Å². The van der Waals surface area contributed by atoms with E-state index >= 15 is 0 Å². The fourth-order valence-electron chi connectivity index (χ4n) is 4.93. The van der Waals surface area contributed by atoms with Crippen molar-refractivity contribution in [2.24, 2.45) is 4.99 Å². The van der Waals surface area contributed by atoms with Crippen LogP contribution in [0.2, 0.25) is 0 Å². The molecule has 0 N–H and O–H groups in total. The lowest BCUT2D eigenvalue weighted by Crippen LogP contribution is -2.39. The normalized spacial score (nSPS) is 15.2. The first-order valence-corrected chi connectivity index (χ1v) is 14.7. The molecule has 0 saturated heterocycles. The largest absolute Gasteiger partial charge is 0.489 e. The Balaban J connectivity index is 1.35. The van der Waals surface area contributed by atoms with Crippen LogP contribution in [0.25, 0.3) is 16.8 Å². The van der Waals surface area contributed by atoms with E-state index in [1.54, 1.807) is 18.4 Å². The van der Waals surface area contributed by atoms with E-state index in [1.807, 2.05) is 66.1 Å². The summed E-state index contributed by atoms with van der Waals surface area (Å²) in [7, 11) is 0. The van der Waals surface area contributed by atoms with Crippen LogP contribution in [0.3, 0.4) is 0 Å². The molecule has 3 aromatic carbocycles. The molecule has 1 atom stereocenters. The van der Waals surface area contributed by atoms with Gasteiger partial charge in [-0.15, -0.1) is 11.3 Å². The smallest absolute Gasteiger partial charge is 0.338 e. The second kappa shape index (κ2) is 11.1. The van der Waals surface area contributed by atoms with Gasteiger partial charge in [-0.05, 0) is 65.4 Å². The van der Waals surface area contributed by atoms with Gasteiger partial charge in [-0.1, -0.05) is 72.0 Å². The molecule has 0 radical (unpaired) electrons. The lowest BCUT2D eigenvalue weighted by atomic mass is 10.0. The molecule has 5 aromatic rings. The standard InChI is InChI=1S/C32H26N2O4S2/c1-3-37-31(36)28-20(2)33-32-34(29(28)26-15-8-16-39-26)30(35)27(40-32)18-21-9-6-13-24(17-21)38-19-23-12-7-11-22-10-4-5-14-25(22)23/h4-18,29H,3,19H2,1-2H3/b27-18-/t29-/m1/s1. The van der Waals surface area contributed by atoms with Gasteiger partial charge in [0.1, 0.15) is 18.4 Å². The third-order valence-corrected chi connectivity index (χ3v) is 8.67. The van der Waals surface area contributed by atoms with Crippen molar-refractivity contribution in [1.82, 2.24) is 4.57 Å². The zero-order valence-electron chi connectivity index (χ0n) is 22.0. The first kappa shape index (κ1) is 26.0. The topological polar surface area (TPSA) is 69.9 Å². The molecule has 0 spiro atoms. The number of esters is 1. The van der Waals surface area contributed by atoms with Gasteiger partial charge < -0.3 is 9.47 Å². The molecule has 1 aliphatic rings. The molecule has 1 aliphatic heterocycles. The molecule has 3 heterocycles. The monoisotopic (exact) mass is 566 g/mol. The third kappa shape index (κ3) is 4.92. The Labute approximate surface area is 238 Å². The number of fused-ring (bicyclic) bond motifs is 2. The average Bonchev–Trinajstić information content (AvgIpc) is 3.60. The lowest BCUT2D eigenvalue weighted by Gasteiger charge is -2.23. The minimum atomic E-state index is -0.576. The van der Waals surface area contributed by atoms with E-state index in [1.165, 1.54) is 33.4 Å². The van der Waals surface area contributed by atoms with Crippen LogP contribution in [0.15, 0.2) is 105 Å². The number of hydrogen-bond donors (Lipinski definition) is 0. The summed E-state index contributed by atoms with van der Waals surface area (Å²) in [4.78, 5) is 32.8. The summed E-state index contributed by atoms with van der Waals surface area (Å²) in [5.74, 6) is 0.263. The van der Waals surface area contributed by atoms with Gasteiger partial charge in [-0.2, -0.15) is 0 Å². The van der Waals surface area contributed by atoms with E-state index in [2.05, 4.69) is 29.3 Å². The molecule has 0 amide bonds. The molecule has 0 unspecified atom stereocenters. The predicted molar refractivity (Wildman–Crippen MR) is 159 cm³/mol. The van der Waals surface area contributed by atoms with Crippen LogP contribution in [-0.2, 0) is 16.1 Å². The van der Waals surface area contributed by atoms with E-state index in [0.29, 0.717) is 33.0 Å². The van der Waals surface area contributed by atoms with Gasteiger partial charge in [0.25, 0.3) is 5.56 Å². The molecular weight excluding hydrogens is 540 g/mol. The Morgan fingerprint density at radius 2 is 1.88 bits per heavy atom. The molecule has 0 saturated carbocycles. The number of hydrogen-bond acceptors (Lipinski definition) is 7. The van der Waals surface area contributed by atoms with Crippen molar-refractivity contribution in [3.63, 3.8) is 0 Å². The fraction of sp³-hybridized carbons (Fsp3) is 0.156. The second-order valence-corrected chi connectivity index (χ2v) is 11.3. The molecule has 0 aliphatic carbocycles. The number of carbonyl (C=O) groups excluding carboxylic acids is 1. The van der Waals surface area contributed by atoms with Gasteiger partial charge >= 0.3 is 5.97 Å². The van der Waals surface area contributed by atoms with Crippen molar-refractivity contribution in [2.45, 2.75) is 26.5 Å². The summed E-state index contributed by atoms with van der Waals surface area (Å²) in [6.45, 7) is 4.24. The number of nitrogens with zero attached hydrogens (tertiary/aromatic N) is 2. The van der Waals surface area contributed by atoms with Crippen LogP contribution < -0.4 is 19.6 Å². The number of thiophene rings is 1. The van der Waals surface area contributed by atoms with Crippen molar-refractivity contribution in [1.29, 1.82) is 0 Å². The first-order chi connectivity index (χ1) is 19.5. The van der Waals surface area contributed by atoms with Crippen LogP contribution in [0.4, 0.5) is 0 Å². The van der Waals surface area contributed by atoms with Gasteiger partial charge in [-0.3, -0.25) is 9.36 Å². The van der Waals surface area contributed by atoms with Gasteiger partial charge in [0.15, 0.2) is 4.80 Å². The summed E-state index contributed by atoms with van der Waals surface area (Å²) in [5, 5.41) is 4.28.